The maximum absolute atomic E-state index is 11.5. The normalized spacial score (nSPS) is 12.4. The molecule has 5 nitrogen and oxygen atoms in total. The number of ether oxygens (including phenoxy) is 3. The van der Waals surface area contributed by atoms with Crippen molar-refractivity contribution in [3.8, 4) is 0 Å². The first-order chi connectivity index (χ1) is 11.8. The van der Waals surface area contributed by atoms with Crippen molar-refractivity contribution in [3.05, 3.63) is 0 Å². The summed E-state index contributed by atoms with van der Waals surface area (Å²) in [6.07, 6.45) is 6.36. The Morgan fingerprint density at radius 1 is 0.680 bits per heavy atom. The zero-order valence-corrected chi connectivity index (χ0v) is 16.8. The first-order valence-corrected chi connectivity index (χ1v) is 9.70. The summed E-state index contributed by atoms with van der Waals surface area (Å²) < 4.78 is 15.2. The Labute approximate surface area is 153 Å². The largest absolute Gasteiger partial charge is 0.464 e. The molecule has 0 spiro atoms. The molecule has 1 unspecified atom stereocenters. The van der Waals surface area contributed by atoms with Crippen molar-refractivity contribution in [2.45, 2.75) is 73.1 Å². The molecule has 1 atom stereocenters. The minimum absolute atomic E-state index is 0.206. The van der Waals surface area contributed by atoms with Crippen LogP contribution in [0.4, 0.5) is 0 Å². The van der Waals surface area contributed by atoms with Gasteiger partial charge in [0.1, 0.15) is 13.2 Å². The number of hydrogen-bond donors (Lipinski definition) is 0. The minimum atomic E-state index is -0.435. The summed E-state index contributed by atoms with van der Waals surface area (Å²) >= 11 is 0. The van der Waals surface area contributed by atoms with Crippen molar-refractivity contribution in [3.63, 3.8) is 0 Å². The number of rotatable bonds is 15. The number of carbonyl (C=O) groups excluding carboxylic acids is 2. The summed E-state index contributed by atoms with van der Waals surface area (Å²) in [7, 11) is 0. The van der Waals surface area contributed by atoms with Crippen molar-refractivity contribution in [2.24, 2.45) is 17.8 Å². The van der Waals surface area contributed by atoms with Gasteiger partial charge < -0.3 is 14.2 Å². The first-order valence-electron chi connectivity index (χ1n) is 9.70. The standard InChI is InChI=1S/C20H38O5/c1-16(2)8-6-10-18(5)11-13-25-20(22)15-23-14-19(21)24-12-7-9-17(3)4/h16-18H,6-15H2,1-5H3. The van der Waals surface area contributed by atoms with Crippen molar-refractivity contribution in [1.29, 1.82) is 0 Å². The summed E-state index contributed by atoms with van der Waals surface area (Å²) in [5, 5.41) is 0. The molecule has 0 aliphatic heterocycles. The molecule has 25 heavy (non-hydrogen) atoms. The lowest BCUT2D eigenvalue weighted by Gasteiger charge is -2.12. The predicted molar refractivity (Wildman–Crippen MR) is 99.3 cm³/mol. The lowest BCUT2D eigenvalue weighted by Crippen LogP contribution is -2.19. The van der Waals surface area contributed by atoms with E-state index in [0.717, 1.165) is 31.6 Å². The van der Waals surface area contributed by atoms with Gasteiger partial charge in [-0.15, -0.1) is 0 Å². The smallest absolute Gasteiger partial charge is 0.332 e. The molecule has 0 N–H and O–H groups in total. The van der Waals surface area contributed by atoms with E-state index in [2.05, 4.69) is 34.6 Å². The summed E-state index contributed by atoms with van der Waals surface area (Å²) in [4.78, 5) is 23.0. The lowest BCUT2D eigenvalue weighted by atomic mass is 9.98. The Morgan fingerprint density at radius 2 is 1.20 bits per heavy atom. The molecule has 0 rings (SSSR count). The molecule has 0 bridgehead atoms. The fraction of sp³-hybridized carbons (Fsp3) is 0.900. The van der Waals surface area contributed by atoms with Crippen LogP contribution in [0.5, 0.6) is 0 Å². The summed E-state index contributed by atoms with van der Waals surface area (Å²) in [6, 6.07) is 0. The van der Waals surface area contributed by atoms with Crippen molar-refractivity contribution >= 4 is 11.9 Å². The second-order valence-corrected chi connectivity index (χ2v) is 7.69. The Bertz CT molecular complexity index is 352. The van der Waals surface area contributed by atoms with E-state index in [-0.39, 0.29) is 13.2 Å². The third-order valence-electron chi connectivity index (χ3n) is 3.98. The van der Waals surface area contributed by atoms with E-state index in [1.807, 2.05) is 0 Å². The topological polar surface area (TPSA) is 61.8 Å². The van der Waals surface area contributed by atoms with Gasteiger partial charge in [0, 0.05) is 0 Å². The second-order valence-electron chi connectivity index (χ2n) is 7.69. The molecule has 0 aromatic heterocycles. The molecule has 0 amide bonds. The van der Waals surface area contributed by atoms with Gasteiger partial charge in [0.05, 0.1) is 13.2 Å². The molecule has 0 fully saturated rings. The highest BCUT2D eigenvalue weighted by molar-refractivity contribution is 5.73. The maximum atomic E-state index is 11.5. The summed E-state index contributed by atoms with van der Waals surface area (Å²) in [5.74, 6) is 1.03. The molecule has 0 heterocycles. The molecule has 0 aromatic carbocycles. The van der Waals surface area contributed by atoms with E-state index in [9.17, 15) is 9.59 Å². The van der Waals surface area contributed by atoms with Crippen LogP contribution in [0.2, 0.25) is 0 Å². The molecule has 0 aliphatic rings. The van der Waals surface area contributed by atoms with Gasteiger partial charge in [-0.2, -0.15) is 0 Å². The second kappa shape index (κ2) is 15.2. The van der Waals surface area contributed by atoms with Crippen LogP contribution in [-0.4, -0.2) is 38.4 Å². The average molecular weight is 359 g/mol. The van der Waals surface area contributed by atoms with Gasteiger partial charge in [-0.1, -0.05) is 53.9 Å². The summed E-state index contributed by atoms with van der Waals surface area (Å²) in [5.41, 5.74) is 0. The quantitative estimate of drug-likeness (QED) is 0.321. The first kappa shape index (κ1) is 23.9. The van der Waals surface area contributed by atoms with Gasteiger partial charge in [0.25, 0.3) is 0 Å². The van der Waals surface area contributed by atoms with Gasteiger partial charge >= 0.3 is 11.9 Å². The molecule has 5 heteroatoms. The van der Waals surface area contributed by atoms with E-state index < -0.39 is 11.9 Å². The molecule has 0 aliphatic carbocycles. The molecular weight excluding hydrogens is 320 g/mol. The van der Waals surface area contributed by atoms with Crippen LogP contribution in [-0.2, 0) is 23.8 Å². The molecule has 0 aromatic rings. The van der Waals surface area contributed by atoms with Crippen LogP contribution in [0.25, 0.3) is 0 Å². The van der Waals surface area contributed by atoms with Gasteiger partial charge in [-0.3, -0.25) is 0 Å². The maximum Gasteiger partial charge on any atom is 0.332 e. The minimum Gasteiger partial charge on any atom is -0.464 e. The molecule has 0 saturated carbocycles. The highest BCUT2D eigenvalue weighted by Gasteiger charge is 2.09. The van der Waals surface area contributed by atoms with Gasteiger partial charge in [0.15, 0.2) is 0 Å². The molecule has 0 radical (unpaired) electrons. The van der Waals surface area contributed by atoms with Crippen LogP contribution < -0.4 is 0 Å². The van der Waals surface area contributed by atoms with Gasteiger partial charge in [0.2, 0.25) is 0 Å². The van der Waals surface area contributed by atoms with Crippen LogP contribution in [0, 0.1) is 17.8 Å². The van der Waals surface area contributed by atoms with E-state index in [4.69, 9.17) is 14.2 Å². The van der Waals surface area contributed by atoms with Crippen molar-refractivity contribution in [2.75, 3.05) is 26.4 Å². The zero-order valence-electron chi connectivity index (χ0n) is 16.8. The highest BCUT2D eigenvalue weighted by atomic mass is 16.6. The van der Waals surface area contributed by atoms with E-state index in [0.29, 0.717) is 25.0 Å². The Morgan fingerprint density at radius 3 is 1.76 bits per heavy atom. The van der Waals surface area contributed by atoms with E-state index in [1.165, 1.54) is 12.8 Å². The lowest BCUT2D eigenvalue weighted by molar-refractivity contribution is -0.155. The monoisotopic (exact) mass is 358 g/mol. The van der Waals surface area contributed by atoms with Crippen LogP contribution in [0.1, 0.15) is 73.1 Å². The van der Waals surface area contributed by atoms with Crippen molar-refractivity contribution in [1.82, 2.24) is 0 Å². The predicted octanol–water partition coefficient (Wildman–Crippen LogP) is 4.38. The molecule has 148 valence electrons. The molecule has 0 saturated heterocycles. The third-order valence-corrected chi connectivity index (χ3v) is 3.98. The SMILES string of the molecule is CC(C)CCCOC(=O)COCC(=O)OCCC(C)CCCC(C)C. The van der Waals surface area contributed by atoms with E-state index >= 15 is 0 Å². The van der Waals surface area contributed by atoms with Gasteiger partial charge in [-0.05, 0) is 37.0 Å². The number of carbonyl (C=O) groups is 2. The van der Waals surface area contributed by atoms with Gasteiger partial charge in [-0.25, -0.2) is 9.59 Å². The van der Waals surface area contributed by atoms with Crippen LogP contribution in [0.3, 0.4) is 0 Å². The Balaban J connectivity index is 3.53. The summed E-state index contributed by atoms with van der Waals surface area (Å²) in [6.45, 7) is 11.3. The average Bonchev–Trinajstić information content (AvgIpc) is 2.51. The highest BCUT2D eigenvalue weighted by Crippen LogP contribution is 2.15. The number of hydrogen-bond acceptors (Lipinski definition) is 5. The number of esters is 2. The van der Waals surface area contributed by atoms with Crippen molar-refractivity contribution < 1.29 is 23.8 Å². The van der Waals surface area contributed by atoms with Crippen LogP contribution in [0.15, 0.2) is 0 Å². The molecular formula is C20H38O5. The van der Waals surface area contributed by atoms with E-state index in [1.54, 1.807) is 0 Å². The fourth-order valence-electron chi connectivity index (χ4n) is 2.37. The fourth-order valence-corrected chi connectivity index (χ4v) is 2.37. The Hall–Kier alpha value is -1.10. The zero-order chi connectivity index (χ0) is 19.1. The third kappa shape index (κ3) is 17.5. The Kier molecular flexibility index (Phi) is 14.5. The van der Waals surface area contributed by atoms with Crippen LogP contribution >= 0.6 is 0 Å².